The molecule has 0 saturated heterocycles. The fraction of sp³-hybridized carbons (Fsp3) is 0.538. The third kappa shape index (κ3) is 3.45. The number of nitrogens with one attached hydrogen (secondary N) is 1. The average molecular weight is 277 g/mol. The van der Waals surface area contributed by atoms with Crippen molar-refractivity contribution in [1.29, 1.82) is 0 Å². The SMILES string of the molecule is OC1(CNCc2ccc(F)cc2C(F)(F)F)CCC1. The molecule has 1 fully saturated rings. The standard InChI is InChI=1S/C13H15F4NO/c14-10-3-2-9(11(6-10)13(15,16)17)7-18-8-12(19)4-1-5-12/h2-3,6,18-19H,1,4-5,7-8H2. The monoisotopic (exact) mass is 277 g/mol. The van der Waals surface area contributed by atoms with E-state index in [-0.39, 0.29) is 18.7 Å². The van der Waals surface area contributed by atoms with E-state index < -0.39 is 23.2 Å². The second-order valence-corrected chi connectivity index (χ2v) is 4.98. The summed E-state index contributed by atoms with van der Waals surface area (Å²) >= 11 is 0. The normalized spacial score (nSPS) is 18.2. The highest BCUT2D eigenvalue weighted by atomic mass is 19.4. The molecular formula is C13H15F4NO. The first-order valence-corrected chi connectivity index (χ1v) is 6.09. The molecule has 0 atom stereocenters. The van der Waals surface area contributed by atoms with Crippen LogP contribution >= 0.6 is 0 Å². The Morgan fingerprint density at radius 2 is 1.95 bits per heavy atom. The Kier molecular flexibility index (Phi) is 3.82. The summed E-state index contributed by atoms with van der Waals surface area (Å²) in [4.78, 5) is 0. The minimum atomic E-state index is -4.58. The van der Waals surface area contributed by atoms with Crippen LogP contribution in [0.2, 0.25) is 0 Å². The lowest BCUT2D eigenvalue weighted by atomic mass is 9.80. The molecule has 0 aromatic heterocycles. The van der Waals surface area contributed by atoms with E-state index in [0.29, 0.717) is 18.9 Å². The molecule has 1 aliphatic carbocycles. The van der Waals surface area contributed by atoms with Crippen molar-refractivity contribution in [2.24, 2.45) is 0 Å². The molecule has 19 heavy (non-hydrogen) atoms. The van der Waals surface area contributed by atoms with Crippen molar-refractivity contribution in [3.05, 3.63) is 35.1 Å². The molecule has 2 rings (SSSR count). The highest BCUT2D eigenvalue weighted by Gasteiger charge is 2.35. The highest BCUT2D eigenvalue weighted by Crippen LogP contribution is 2.33. The summed E-state index contributed by atoms with van der Waals surface area (Å²) < 4.78 is 51.1. The van der Waals surface area contributed by atoms with Gasteiger partial charge < -0.3 is 10.4 Å². The van der Waals surface area contributed by atoms with Crippen LogP contribution in [0.1, 0.15) is 30.4 Å². The summed E-state index contributed by atoms with van der Waals surface area (Å²) in [5.74, 6) is -0.909. The van der Waals surface area contributed by atoms with Gasteiger partial charge in [-0.25, -0.2) is 4.39 Å². The van der Waals surface area contributed by atoms with Crippen LogP contribution in [0.4, 0.5) is 17.6 Å². The van der Waals surface area contributed by atoms with Gasteiger partial charge in [0.05, 0.1) is 11.2 Å². The van der Waals surface area contributed by atoms with Gasteiger partial charge in [0.2, 0.25) is 0 Å². The number of rotatable bonds is 4. The summed E-state index contributed by atoms with van der Waals surface area (Å²) in [5, 5.41) is 12.6. The van der Waals surface area contributed by atoms with Gasteiger partial charge in [0, 0.05) is 13.1 Å². The maximum Gasteiger partial charge on any atom is 0.416 e. The molecule has 1 aromatic carbocycles. The zero-order valence-corrected chi connectivity index (χ0v) is 10.2. The Labute approximate surface area is 108 Å². The van der Waals surface area contributed by atoms with Crippen molar-refractivity contribution in [1.82, 2.24) is 5.32 Å². The molecule has 2 N–H and O–H groups in total. The fourth-order valence-electron chi connectivity index (χ4n) is 2.16. The maximum absolute atomic E-state index is 12.9. The summed E-state index contributed by atoms with van der Waals surface area (Å²) in [6.45, 7) is 0.207. The third-order valence-corrected chi connectivity index (χ3v) is 3.43. The number of aliphatic hydroxyl groups is 1. The van der Waals surface area contributed by atoms with Crippen molar-refractivity contribution in [3.63, 3.8) is 0 Å². The topological polar surface area (TPSA) is 32.3 Å². The molecule has 0 bridgehead atoms. The zero-order valence-electron chi connectivity index (χ0n) is 10.2. The molecule has 1 aromatic rings. The summed E-state index contributed by atoms with van der Waals surface area (Å²) in [6, 6.07) is 2.62. The molecular weight excluding hydrogens is 262 g/mol. The van der Waals surface area contributed by atoms with Crippen molar-refractivity contribution in [3.8, 4) is 0 Å². The summed E-state index contributed by atoms with van der Waals surface area (Å²) in [6.07, 6.45) is -2.32. The van der Waals surface area contributed by atoms with Crippen LogP contribution in [-0.2, 0) is 12.7 Å². The van der Waals surface area contributed by atoms with E-state index in [1.165, 1.54) is 0 Å². The first-order valence-electron chi connectivity index (χ1n) is 6.09. The Morgan fingerprint density at radius 3 is 2.47 bits per heavy atom. The molecule has 0 spiro atoms. The Hall–Kier alpha value is -1.14. The van der Waals surface area contributed by atoms with Crippen molar-refractivity contribution < 1.29 is 22.7 Å². The van der Waals surface area contributed by atoms with Crippen LogP contribution in [-0.4, -0.2) is 17.3 Å². The minimum Gasteiger partial charge on any atom is -0.389 e. The number of halogens is 4. The Balaban J connectivity index is 2.03. The number of hydrogen-bond acceptors (Lipinski definition) is 2. The van der Waals surface area contributed by atoms with Crippen molar-refractivity contribution >= 4 is 0 Å². The van der Waals surface area contributed by atoms with Gasteiger partial charge in [-0.15, -0.1) is 0 Å². The first kappa shape index (κ1) is 14.3. The molecule has 0 aliphatic heterocycles. The van der Waals surface area contributed by atoms with Gasteiger partial charge in [-0.2, -0.15) is 13.2 Å². The Bertz CT molecular complexity index is 454. The van der Waals surface area contributed by atoms with Gasteiger partial charge in [0.15, 0.2) is 0 Å². The Morgan fingerprint density at radius 1 is 1.26 bits per heavy atom. The van der Waals surface area contributed by atoms with Crippen LogP contribution in [0, 0.1) is 5.82 Å². The largest absolute Gasteiger partial charge is 0.416 e. The first-order chi connectivity index (χ1) is 8.80. The molecule has 1 aliphatic rings. The van der Waals surface area contributed by atoms with E-state index in [9.17, 15) is 22.7 Å². The van der Waals surface area contributed by atoms with Crippen molar-refractivity contribution in [2.45, 2.75) is 37.6 Å². The molecule has 2 nitrogen and oxygen atoms in total. The van der Waals surface area contributed by atoms with Crippen LogP contribution in [0.3, 0.4) is 0 Å². The number of benzene rings is 1. The number of hydrogen-bond donors (Lipinski definition) is 2. The predicted octanol–water partition coefficient (Wildman–Crippen LogP) is 2.85. The van der Waals surface area contributed by atoms with E-state index >= 15 is 0 Å². The van der Waals surface area contributed by atoms with Crippen molar-refractivity contribution in [2.75, 3.05) is 6.54 Å². The molecule has 0 radical (unpaired) electrons. The van der Waals surface area contributed by atoms with E-state index in [0.717, 1.165) is 18.6 Å². The second-order valence-electron chi connectivity index (χ2n) is 4.98. The summed E-state index contributed by atoms with van der Waals surface area (Å²) in [7, 11) is 0. The smallest absolute Gasteiger partial charge is 0.389 e. The van der Waals surface area contributed by atoms with Gasteiger partial charge in [-0.05, 0) is 37.0 Å². The van der Waals surface area contributed by atoms with Crippen LogP contribution in [0.15, 0.2) is 18.2 Å². The molecule has 106 valence electrons. The van der Waals surface area contributed by atoms with Crippen LogP contribution in [0.25, 0.3) is 0 Å². The third-order valence-electron chi connectivity index (χ3n) is 3.43. The van der Waals surface area contributed by atoms with E-state index in [2.05, 4.69) is 5.32 Å². The lowest BCUT2D eigenvalue weighted by Crippen LogP contribution is -2.46. The van der Waals surface area contributed by atoms with Crippen LogP contribution in [0.5, 0.6) is 0 Å². The lowest BCUT2D eigenvalue weighted by Gasteiger charge is -2.36. The van der Waals surface area contributed by atoms with Gasteiger partial charge in [0.25, 0.3) is 0 Å². The predicted molar refractivity (Wildman–Crippen MR) is 61.9 cm³/mol. The van der Waals surface area contributed by atoms with Gasteiger partial charge >= 0.3 is 6.18 Å². The zero-order chi connectivity index (χ0) is 14.1. The molecule has 0 unspecified atom stereocenters. The van der Waals surface area contributed by atoms with Gasteiger partial charge in [-0.3, -0.25) is 0 Å². The van der Waals surface area contributed by atoms with Gasteiger partial charge in [-0.1, -0.05) is 6.07 Å². The van der Waals surface area contributed by atoms with E-state index in [1.807, 2.05) is 0 Å². The highest BCUT2D eigenvalue weighted by molar-refractivity contribution is 5.30. The quantitative estimate of drug-likeness (QED) is 0.829. The fourth-order valence-corrected chi connectivity index (χ4v) is 2.16. The second kappa shape index (κ2) is 5.09. The number of alkyl halides is 3. The van der Waals surface area contributed by atoms with E-state index in [1.54, 1.807) is 0 Å². The minimum absolute atomic E-state index is 0.0168. The maximum atomic E-state index is 12.9. The molecule has 1 saturated carbocycles. The van der Waals surface area contributed by atoms with Gasteiger partial charge in [0.1, 0.15) is 5.82 Å². The lowest BCUT2D eigenvalue weighted by molar-refractivity contribution is -0.138. The van der Waals surface area contributed by atoms with E-state index in [4.69, 9.17) is 0 Å². The van der Waals surface area contributed by atoms with Crippen LogP contribution < -0.4 is 5.32 Å². The molecule has 6 heteroatoms. The summed E-state index contributed by atoms with van der Waals surface area (Å²) in [5.41, 5.74) is -1.78. The molecule has 0 amide bonds. The molecule has 0 heterocycles. The average Bonchev–Trinajstić information content (AvgIpc) is 2.27.